The number of nitrogens with zero attached hydrogens (tertiary/aromatic N) is 4. The summed E-state index contributed by atoms with van der Waals surface area (Å²) in [6.07, 6.45) is 3.93. The van der Waals surface area contributed by atoms with Gasteiger partial charge in [0.2, 0.25) is 0 Å². The molecule has 1 aliphatic rings. The van der Waals surface area contributed by atoms with Crippen LogP contribution in [0.4, 0.5) is 11.5 Å². The van der Waals surface area contributed by atoms with Gasteiger partial charge in [0, 0.05) is 51.1 Å². The first-order chi connectivity index (χ1) is 15.9. The van der Waals surface area contributed by atoms with E-state index in [2.05, 4.69) is 20.2 Å². The zero-order valence-corrected chi connectivity index (χ0v) is 19.0. The van der Waals surface area contributed by atoms with E-state index in [9.17, 15) is 9.59 Å². The maximum atomic E-state index is 12.1. The van der Waals surface area contributed by atoms with E-state index in [1.807, 2.05) is 43.5 Å². The molecule has 33 heavy (non-hydrogen) atoms. The minimum atomic E-state index is -0.166. The molecule has 3 heterocycles. The van der Waals surface area contributed by atoms with Crippen LogP contribution >= 0.6 is 0 Å². The SMILES string of the molecule is Cc1ccc(Nc2ccc(Oc3ccc(C(=O)N(C)C)nc3)c(CN3CCC(=O)C3)c2)nc1. The fourth-order valence-corrected chi connectivity index (χ4v) is 3.56. The van der Waals surface area contributed by atoms with E-state index in [1.165, 1.54) is 4.90 Å². The topological polar surface area (TPSA) is 87.7 Å². The molecule has 1 aliphatic heterocycles. The number of nitrogens with one attached hydrogen (secondary N) is 1. The number of ether oxygens (including phenoxy) is 1. The second-order valence-electron chi connectivity index (χ2n) is 8.35. The molecule has 8 nitrogen and oxygen atoms in total. The van der Waals surface area contributed by atoms with Crippen molar-refractivity contribution < 1.29 is 14.3 Å². The van der Waals surface area contributed by atoms with Gasteiger partial charge in [-0.1, -0.05) is 6.07 Å². The smallest absolute Gasteiger partial charge is 0.271 e. The number of pyridine rings is 2. The summed E-state index contributed by atoms with van der Waals surface area (Å²) in [6.45, 7) is 3.76. The Morgan fingerprint density at radius 3 is 2.61 bits per heavy atom. The molecule has 170 valence electrons. The van der Waals surface area contributed by atoms with Gasteiger partial charge < -0.3 is 15.0 Å². The molecule has 0 bridgehead atoms. The molecule has 0 atom stereocenters. The number of aromatic nitrogens is 2. The van der Waals surface area contributed by atoms with Crippen molar-refractivity contribution in [2.75, 3.05) is 32.5 Å². The van der Waals surface area contributed by atoms with E-state index in [-0.39, 0.29) is 11.7 Å². The normalized spacial score (nSPS) is 13.7. The van der Waals surface area contributed by atoms with Gasteiger partial charge in [-0.2, -0.15) is 0 Å². The van der Waals surface area contributed by atoms with Crippen molar-refractivity contribution in [3.8, 4) is 11.5 Å². The lowest BCUT2D eigenvalue weighted by Crippen LogP contribution is -2.22. The predicted octanol–water partition coefficient (Wildman–Crippen LogP) is 3.80. The van der Waals surface area contributed by atoms with Crippen LogP contribution in [0, 0.1) is 6.92 Å². The Balaban J connectivity index is 1.56. The quantitative estimate of drug-likeness (QED) is 0.592. The average molecular weight is 446 g/mol. The van der Waals surface area contributed by atoms with Crippen molar-refractivity contribution >= 4 is 23.2 Å². The Labute approximate surface area is 193 Å². The number of rotatable bonds is 7. The number of hydrogen-bond donors (Lipinski definition) is 1. The van der Waals surface area contributed by atoms with Gasteiger partial charge in [-0.15, -0.1) is 0 Å². The predicted molar refractivity (Wildman–Crippen MR) is 126 cm³/mol. The van der Waals surface area contributed by atoms with Crippen LogP contribution in [0.3, 0.4) is 0 Å². The Morgan fingerprint density at radius 2 is 1.97 bits per heavy atom. The van der Waals surface area contributed by atoms with Gasteiger partial charge in [-0.05, 0) is 48.9 Å². The highest BCUT2D eigenvalue weighted by Gasteiger charge is 2.21. The molecule has 1 fully saturated rings. The van der Waals surface area contributed by atoms with Gasteiger partial charge in [0.05, 0.1) is 12.7 Å². The standard InChI is InChI=1S/C25H27N5O3/c1-17-4-9-24(27-13-17)28-19-5-8-23(18(12-19)15-30-11-10-20(31)16-30)33-21-6-7-22(26-14-21)25(32)29(2)3/h4-9,12-14H,10-11,15-16H2,1-3H3,(H,27,28). The number of benzene rings is 1. The van der Waals surface area contributed by atoms with Crippen LogP contribution in [-0.2, 0) is 11.3 Å². The number of carbonyl (C=O) groups excluding carboxylic acids is 2. The summed E-state index contributed by atoms with van der Waals surface area (Å²) in [4.78, 5) is 36.0. The van der Waals surface area contributed by atoms with E-state index in [4.69, 9.17) is 4.74 Å². The summed E-state index contributed by atoms with van der Waals surface area (Å²) in [7, 11) is 3.37. The first-order valence-electron chi connectivity index (χ1n) is 10.8. The molecular weight excluding hydrogens is 418 g/mol. The minimum Gasteiger partial charge on any atom is -0.455 e. The Kier molecular flexibility index (Phi) is 6.65. The summed E-state index contributed by atoms with van der Waals surface area (Å²) in [5.41, 5.74) is 3.27. The summed E-state index contributed by atoms with van der Waals surface area (Å²) in [6, 6.07) is 13.1. The van der Waals surface area contributed by atoms with Gasteiger partial charge in [-0.25, -0.2) is 9.97 Å². The molecule has 0 radical (unpaired) electrons. The number of carbonyl (C=O) groups is 2. The fraction of sp³-hybridized carbons (Fsp3) is 0.280. The van der Waals surface area contributed by atoms with E-state index in [0.717, 1.165) is 29.2 Å². The minimum absolute atomic E-state index is 0.166. The highest BCUT2D eigenvalue weighted by atomic mass is 16.5. The molecule has 1 amide bonds. The number of Topliss-reactive ketones (excluding diaryl/α,β-unsaturated/α-hetero) is 1. The molecule has 8 heteroatoms. The number of aryl methyl sites for hydroxylation is 1. The molecule has 4 rings (SSSR count). The third-order valence-electron chi connectivity index (χ3n) is 5.33. The fourth-order valence-electron chi connectivity index (χ4n) is 3.56. The number of anilines is 2. The molecule has 3 aromatic rings. The Hall–Kier alpha value is -3.78. The van der Waals surface area contributed by atoms with Crippen molar-refractivity contribution in [3.63, 3.8) is 0 Å². The summed E-state index contributed by atoms with van der Waals surface area (Å²) >= 11 is 0. The van der Waals surface area contributed by atoms with Crippen molar-refractivity contribution in [3.05, 3.63) is 71.7 Å². The van der Waals surface area contributed by atoms with Crippen LogP contribution in [0.2, 0.25) is 0 Å². The van der Waals surface area contributed by atoms with E-state index >= 15 is 0 Å². The molecule has 1 saturated heterocycles. The average Bonchev–Trinajstić information content (AvgIpc) is 3.21. The second-order valence-corrected chi connectivity index (χ2v) is 8.35. The Bertz CT molecular complexity index is 1140. The molecule has 0 saturated carbocycles. The highest BCUT2D eigenvalue weighted by molar-refractivity contribution is 5.91. The lowest BCUT2D eigenvalue weighted by atomic mass is 10.1. The maximum Gasteiger partial charge on any atom is 0.271 e. The third kappa shape index (κ3) is 5.72. The van der Waals surface area contributed by atoms with E-state index in [1.54, 1.807) is 32.4 Å². The molecule has 0 unspecified atom stereocenters. The molecule has 1 aromatic carbocycles. The zero-order chi connectivity index (χ0) is 23.4. The van der Waals surface area contributed by atoms with Crippen LogP contribution < -0.4 is 10.1 Å². The van der Waals surface area contributed by atoms with Gasteiger partial charge in [-0.3, -0.25) is 14.5 Å². The summed E-state index contributed by atoms with van der Waals surface area (Å²) < 4.78 is 6.12. The van der Waals surface area contributed by atoms with Crippen molar-refractivity contribution in [1.29, 1.82) is 0 Å². The van der Waals surface area contributed by atoms with Crippen LogP contribution in [0.1, 0.15) is 28.0 Å². The van der Waals surface area contributed by atoms with Crippen LogP contribution in [0.5, 0.6) is 11.5 Å². The molecule has 0 aliphatic carbocycles. The number of hydrogen-bond acceptors (Lipinski definition) is 7. The van der Waals surface area contributed by atoms with Crippen molar-refractivity contribution in [2.45, 2.75) is 19.9 Å². The second kappa shape index (κ2) is 9.79. The Morgan fingerprint density at radius 1 is 1.12 bits per heavy atom. The molecule has 0 spiro atoms. The van der Waals surface area contributed by atoms with Crippen LogP contribution in [-0.4, -0.2) is 58.6 Å². The lowest BCUT2D eigenvalue weighted by Gasteiger charge is -2.18. The third-order valence-corrected chi connectivity index (χ3v) is 5.33. The van der Waals surface area contributed by atoms with Gasteiger partial charge in [0.1, 0.15) is 28.8 Å². The van der Waals surface area contributed by atoms with Gasteiger partial charge in [0.25, 0.3) is 5.91 Å². The first-order valence-corrected chi connectivity index (χ1v) is 10.8. The lowest BCUT2D eigenvalue weighted by molar-refractivity contribution is -0.116. The summed E-state index contributed by atoms with van der Waals surface area (Å²) in [5, 5.41) is 3.32. The van der Waals surface area contributed by atoms with Crippen LogP contribution in [0.25, 0.3) is 0 Å². The molecular formula is C25H27N5O3. The largest absolute Gasteiger partial charge is 0.455 e. The monoisotopic (exact) mass is 445 g/mol. The number of likely N-dealkylation sites (tertiary alicyclic amines) is 1. The zero-order valence-electron chi connectivity index (χ0n) is 19.0. The highest BCUT2D eigenvalue weighted by Crippen LogP contribution is 2.30. The molecule has 1 N–H and O–H groups in total. The van der Waals surface area contributed by atoms with E-state index < -0.39 is 0 Å². The number of amides is 1. The van der Waals surface area contributed by atoms with Crippen molar-refractivity contribution in [1.82, 2.24) is 19.8 Å². The first kappa shape index (κ1) is 22.4. The summed E-state index contributed by atoms with van der Waals surface area (Å²) in [5.74, 6) is 2.04. The van der Waals surface area contributed by atoms with Crippen molar-refractivity contribution in [2.24, 2.45) is 0 Å². The van der Waals surface area contributed by atoms with Gasteiger partial charge >= 0.3 is 0 Å². The maximum absolute atomic E-state index is 12.1. The van der Waals surface area contributed by atoms with Gasteiger partial charge in [0.15, 0.2) is 0 Å². The van der Waals surface area contributed by atoms with Crippen LogP contribution in [0.15, 0.2) is 54.9 Å². The number of ketones is 1. The molecule has 2 aromatic heterocycles. The van der Waals surface area contributed by atoms with E-state index in [0.29, 0.717) is 36.7 Å².